The van der Waals surface area contributed by atoms with E-state index in [0.717, 1.165) is 6.42 Å². The van der Waals surface area contributed by atoms with Crippen LogP contribution in [-0.2, 0) is 4.74 Å². The van der Waals surface area contributed by atoms with E-state index < -0.39 is 5.60 Å². The van der Waals surface area contributed by atoms with Crippen LogP contribution >= 0.6 is 0 Å². The summed E-state index contributed by atoms with van der Waals surface area (Å²) in [5.41, 5.74) is -1.09. The van der Waals surface area contributed by atoms with E-state index in [1.54, 1.807) is 20.1 Å². The van der Waals surface area contributed by atoms with Crippen molar-refractivity contribution >= 4 is 0 Å². The smallest absolute Gasteiger partial charge is 0.0977 e. The predicted octanol–water partition coefficient (Wildman–Crippen LogP) is 2.29. The van der Waals surface area contributed by atoms with E-state index in [0.29, 0.717) is 0 Å². The molecule has 0 aliphatic heterocycles. The third-order valence-electron chi connectivity index (χ3n) is 2.03. The number of methoxy groups -OCH3 is 1. The van der Waals surface area contributed by atoms with Crippen LogP contribution in [0.25, 0.3) is 0 Å². The molecule has 1 N–H and O–H groups in total. The molecule has 1 unspecified atom stereocenters. The highest BCUT2D eigenvalue weighted by Gasteiger charge is 2.15. The SMILES string of the molecule is C=CC(C)(O)/C=C/CC(C)(C)OC. The Bertz CT molecular complexity index is 190. The van der Waals surface area contributed by atoms with Gasteiger partial charge in [-0.3, -0.25) is 0 Å². The van der Waals surface area contributed by atoms with Crippen molar-refractivity contribution in [2.75, 3.05) is 7.11 Å². The minimum absolute atomic E-state index is 0.173. The van der Waals surface area contributed by atoms with Crippen LogP contribution in [0.3, 0.4) is 0 Å². The minimum atomic E-state index is -0.913. The third-order valence-corrected chi connectivity index (χ3v) is 2.03. The number of hydrogen-bond donors (Lipinski definition) is 1. The first-order valence-corrected chi connectivity index (χ1v) is 4.42. The summed E-state index contributed by atoms with van der Waals surface area (Å²) in [6.45, 7) is 9.23. The Morgan fingerprint density at radius 2 is 1.92 bits per heavy atom. The molecule has 0 fully saturated rings. The summed E-state index contributed by atoms with van der Waals surface area (Å²) in [7, 11) is 1.68. The highest BCUT2D eigenvalue weighted by Crippen LogP contribution is 2.15. The maximum absolute atomic E-state index is 9.55. The molecule has 0 aliphatic carbocycles. The molecular formula is C11H20O2. The quantitative estimate of drug-likeness (QED) is 0.664. The first-order valence-electron chi connectivity index (χ1n) is 4.42. The van der Waals surface area contributed by atoms with E-state index in [1.807, 2.05) is 19.9 Å². The molecule has 2 nitrogen and oxygen atoms in total. The molecule has 0 saturated carbocycles. The van der Waals surface area contributed by atoms with Gasteiger partial charge in [-0.2, -0.15) is 0 Å². The Hall–Kier alpha value is -0.600. The number of rotatable bonds is 5. The second kappa shape index (κ2) is 4.58. The summed E-state index contributed by atoms with van der Waals surface area (Å²) < 4.78 is 5.23. The molecule has 13 heavy (non-hydrogen) atoms. The lowest BCUT2D eigenvalue weighted by Gasteiger charge is -2.21. The van der Waals surface area contributed by atoms with Crippen molar-refractivity contribution in [2.24, 2.45) is 0 Å². The molecule has 0 aliphatic rings. The van der Waals surface area contributed by atoms with Crippen LogP contribution in [0.15, 0.2) is 24.8 Å². The maximum Gasteiger partial charge on any atom is 0.0977 e. The molecule has 0 aromatic rings. The largest absolute Gasteiger partial charge is 0.382 e. The van der Waals surface area contributed by atoms with Crippen LogP contribution in [0, 0.1) is 0 Å². The molecule has 0 saturated heterocycles. The topological polar surface area (TPSA) is 29.5 Å². The average Bonchev–Trinajstić information content (AvgIpc) is 2.04. The zero-order valence-electron chi connectivity index (χ0n) is 9.00. The zero-order valence-corrected chi connectivity index (χ0v) is 9.00. The van der Waals surface area contributed by atoms with Gasteiger partial charge in [-0.05, 0) is 27.2 Å². The van der Waals surface area contributed by atoms with Crippen molar-refractivity contribution in [2.45, 2.75) is 38.4 Å². The van der Waals surface area contributed by atoms with Crippen LogP contribution < -0.4 is 0 Å². The Morgan fingerprint density at radius 1 is 1.38 bits per heavy atom. The number of aliphatic hydroxyl groups is 1. The van der Waals surface area contributed by atoms with Crippen molar-refractivity contribution in [3.8, 4) is 0 Å². The molecule has 0 spiro atoms. The minimum Gasteiger partial charge on any atom is -0.382 e. The fourth-order valence-electron chi connectivity index (χ4n) is 0.733. The van der Waals surface area contributed by atoms with Crippen LogP contribution in [0.4, 0.5) is 0 Å². The fourth-order valence-corrected chi connectivity index (χ4v) is 0.733. The predicted molar refractivity (Wildman–Crippen MR) is 55.7 cm³/mol. The van der Waals surface area contributed by atoms with Crippen molar-refractivity contribution in [1.82, 2.24) is 0 Å². The summed E-state index contributed by atoms with van der Waals surface area (Å²) >= 11 is 0. The maximum atomic E-state index is 9.55. The van der Waals surface area contributed by atoms with Crippen LogP contribution in [-0.4, -0.2) is 23.4 Å². The van der Waals surface area contributed by atoms with Crippen molar-refractivity contribution < 1.29 is 9.84 Å². The molecule has 0 radical (unpaired) electrons. The van der Waals surface area contributed by atoms with Gasteiger partial charge in [0.2, 0.25) is 0 Å². The van der Waals surface area contributed by atoms with E-state index in [1.165, 1.54) is 6.08 Å². The Balaban J connectivity index is 4.09. The van der Waals surface area contributed by atoms with E-state index >= 15 is 0 Å². The van der Waals surface area contributed by atoms with Crippen molar-refractivity contribution in [3.63, 3.8) is 0 Å². The van der Waals surface area contributed by atoms with Gasteiger partial charge in [0.25, 0.3) is 0 Å². The second-order valence-electron chi connectivity index (χ2n) is 4.00. The van der Waals surface area contributed by atoms with Crippen LogP contribution in [0.1, 0.15) is 27.2 Å². The molecule has 1 atom stereocenters. The molecule has 0 amide bonds. The van der Waals surface area contributed by atoms with Gasteiger partial charge in [0.05, 0.1) is 11.2 Å². The third kappa shape index (κ3) is 5.61. The highest BCUT2D eigenvalue weighted by molar-refractivity contribution is 5.09. The fraction of sp³-hybridized carbons (Fsp3) is 0.636. The van der Waals surface area contributed by atoms with Gasteiger partial charge in [0.15, 0.2) is 0 Å². The van der Waals surface area contributed by atoms with E-state index in [2.05, 4.69) is 6.58 Å². The first kappa shape index (κ1) is 12.4. The van der Waals surface area contributed by atoms with Gasteiger partial charge in [0.1, 0.15) is 0 Å². The summed E-state index contributed by atoms with van der Waals surface area (Å²) in [6, 6.07) is 0. The summed E-state index contributed by atoms with van der Waals surface area (Å²) in [6.07, 6.45) is 5.91. The summed E-state index contributed by atoms with van der Waals surface area (Å²) in [4.78, 5) is 0. The van der Waals surface area contributed by atoms with E-state index in [4.69, 9.17) is 4.74 Å². The average molecular weight is 184 g/mol. The van der Waals surface area contributed by atoms with Gasteiger partial charge >= 0.3 is 0 Å². The van der Waals surface area contributed by atoms with Gasteiger partial charge in [-0.1, -0.05) is 24.8 Å². The van der Waals surface area contributed by atoms with Gasteiger partial charge in [-0.15, -0.1) is 0 Å². The lowest BCUT2D eigenvalue weighted by atomic mass is 10.0. The molecule has 76 valence electrons. The Morgan fingerprint density at radius 3 is 2.31 bits per heavy atom. The van der Waals surface area contributed by atoms with Crippen LogP contribution in [0.2, 0.25) is 0 Å². The normalized spacial score (nSPS) is 17.3. The second-order valence-corrected chi connectivity index (χ2v) is 4.00. The van der Waals surface area contributed by atoms with Gasteiger partial charge in [0, 0.05) is 7.11 Å². The molecular weight excluding hydrogens is 164 g/mol. The van der Waals surface area contributed by atoms with Crippen molar-refractivity contribution in [3.05, 3.63) is 24.8 Å². The molecule has 0 rings (SSSR count). The summed E-state index contributed by atoms with van der Waals surface area (Å²) in [5.74, 6) is 0. The van der Waals surface area contributed by atoms with Crippen LogP contribution in [0.5, 0.6) is 0 Å². The Kier molecular flexibility index (Phi) is 4.37. The standard InChI is InChI=1S/C11H20O2/c1-6-11(4,12)9-7-8-10(2,3)13-5/h6-7,9,12H,1,8H2,2-5H3/b9-7+. The van der Waals surface area contributed by atoms with Crippen molar-refractivity contribution in [1.29, 1.82) is 0 Å². The lowest BCUT2D eigenvalue weighted by molar-refractivity contribution is 0.0252. The Labute approximate surface area is 80.9 Å². The molecule has 0 aromatic heterocycles. The van der Waals surface area contributed by atoms with E-state index in [9.17, 15) is 5.11 Å². The highest BCUT2D eigenvalue weighted by atomic mass is 16.5. The number of ether oxygens (including phenoxy) is 1. The molecule has 0 heterocycles. The van der Waals surface area contributed by atoms with E-state index in [-0.39, 0.29) is 5.60 Å². The summed E-state index contributed by atoms with van der Waals surface area (Å²) in [5, 5.41) is 9.55. The lowest BCUT2D eigenvalue weighted by Crippen LogP contribution is -2.22. The van der Waals surface area contributed by atoms with Gasteiger partial charge in [-0.25, -0.2) is 0 Å². The first-order chi connectivity index (χ1) is 5.83. The zero-order chi connectivity index (χ0) is 10.5. The molecule has 0 bridgehead atoms. The monoisotopic (exact) mass is 184 g/mol. The molecule has 0 aromatic carbocycles. The number of hydrogen-bond acceptors (Lipinski definition) is 2. The van der Waals surface area contributed by atoms with Gasteiger partial charge < -0.3 is 9.84 Å². The molecule has 2 heteroatoms.